The summed E-state index contributed by atoms with van der Waals surface area (Å²) in [5.41, 5.74) is 1.59. The molecule has 1 fully saturated rings. The molecule has 1 aliphatic heterocycles. The number of aryl methyl sites for hydroxylation is 1. The number of carbonyl (C=O) groups is 2. The number of anilines is 1. The van der Waals surface area contributed by atoms with E-state index in [1.807, 2.05) is 35.2 Å². The number of pyridine rings is 2. The van der Waals surface area contributed by atoms with Gasteiger partial charge in [0.25, 0.3) is 5.91 Å². The maximum absolute atomic E-state index is 12.3. The molecular formula is C21H27N5O2. The minimum absolute atomic E-state index is 0.112. The van der Waals surface area contributed by atoms with Crippen molar-refractivity contribution in [2.75, 3.05) is 37.6 Å². The zero-order valence-corrected chi connectivity index (χ0v) is 16.3. The van der Waals surface area contributed by atoms with Crippen LogP contribution in [-0.4, -0.2) is 59.4 Å². The minimum atomic E-state index is -0.112. The number of aromatic nitrogens is 2. The van der Waals surface area contributed by atoms with Crippen molar-refractivity contribution in [1.29, 1.82) is 0 Å². The molecule has 0 aliphatic carbocycles. The van der Waals surface area contributed by atoms with Crippen LogP contribution in [0.3, 0.4) is 0 Å². The summed E-state index contributed by atoms with van der Waals surface area (Å²) < 4.78 is 0. The van der Waals surface area contributed by atoms with Gasteiger partial charge < -0.3 is 15.1 Å². The molecule has 0 unspecified atom stereocenters. The lowest BCUT2D eigenvalue weighted by atomic mass is 10.2. The highest BCUT2D eigenvalue weighted by atomic mass is 16.2. The molecule has 0 atom stereocenters. The highest BCUT2D eigenvalue weighted by Gasteiger charge is 2.17. The van der Waals surface area contributed by atoms with E-state index in [9.17, 15) is 9.59 Å². The smallest absolute Gasteiger partial charge is 0.252 e. The summed E-state index contributed by atoms with van der Waals surface area (Å²) >= 11 is 0. The fourth-order valence-electron chi connectivity index (χ4n) is 3.29. The molecule has 3 rings (SSSR count). The van der Waals surface area contributed by atoms with Crippen molar-refractivity contribution in [1.82, 2.24) is 20.2 Å². The molecule has 0 radical (unpaired) electrons. The van der Waals surface area contributed by atoms with Crippen LogP contribution in [0, 0.1) is 0 Å². The largest absolute Gasteiger partial charge is 0.355 e. The predicted molar refractivity (Wildman–Crippen MR) is 108 cm³/mol. The zero-order chi connectivity index (χ0) is 19.8. The Morgan fingerprint density at radius 2 is 1.96 bits per heavy atom. The SMILES string of the molecule is CC(=O)N1CCCN(c2ccc(C(=O)NCCCc3ccccn3)cn2)CC1. The lowest BCUT2D eigenvalue weighted by molar-refractivity contribution is -0.128. The molecule has 148 valence electrons. The monoisotopic (exact) mass is 381 g/mol. The van der Waals surface area contributed by atoms with E-state index in [0.29, 0.717) is 18.7 Å². The molecule has 2 aromatic heterocycles. The summed E-state index contributed by atoms with van der Waals surface area (Å²) in [5, 5.41) is 2.93. The molecule has 1 saturated heterocycles. The van der Waals surface area contributed by atoms with E-state index in [-0.39, 0.29) is 11.8 Å². The lowest BCUT2D eigenvalue weighted by Crippen LogP contribution is -2.33. The first-order valence-corrected chi connectivity index (χ1v) is 9.78. The molecule has 0 spiro atoms. The van der Waals surface area contributed by atoms with Crippen LogP contribution >= 0.6 is 0 Å². The first-order chi connectivity index (χ1) is 13.6. The van der Waals surface area contributed by atoms with Gasteiger partial charge in [0.2, 0.25) is 5.91 Å². The summed E-state index contributed by atoms with van der Waals surface area (Å²) in [6.45, 7) is 5.31. The molecule has 28 heavy (non-hydrogen) atoms. The van der Waals surface area contributed by atoms with Gasteiger partial charge >= 0.3 is 0 Å². The standard InChI is InChI=1S/C21H27N5O2/c1-17(27)25-12-5-13-26(15-14-25)20-9-8-18(16-24-20)21(28)23-11-4-7-19-6-2-3-10-22-19/h2-3,6,8-10,16H,4-5,7,11-15H2,1H3,(H,23,28). The van der Waals surface area contributed by atoms with Crippen LogP contribution in [0.4, 0.5) is 5.82 Å². The lowest BCUT2D eigenvalue weighted by Gasteiger charge is -2.22. The number of nitrogens with one attached hydrogen (secondary N) is 1. The molecule has 7 heteroatoms. The maximum atomic E-state index is 12.3. The summed E-state index contributed by atoms with van der Waals surface area (Å²) in [4.78, 5) is 36.6. The fraction of sp³-hybridized carbons (Fsp3) is 0.429. The van der Waals surface area contributed by atoms with Crippen molar-refractivity contribution >= 4 is 17.6 Å². The van der Waals surface area contributed by atoms with Gasteiger partial charge in [0.1, 0.15) is 5.82 Å². The molecular weight excluding hydrogens is 354 g/mol. The fourth-order valence-corrected chi connectivity index (χ4v) is 3.29. The van der Waals surface area contributed by atoms with Gasteiger partial charge in [-0.15, -0.1) is 0 Å². The summed E-state index contributed by atoms with van der Waals surface area (Å²) in [7, 11) is 0. The number of nitrogens with zero attached hydrogens (tertiary/aromatic N) is 4. The van der Waals surface area contributed by atoms with Gasteiger partial charge in [-0.05, 0) is 43.5 Å². The van der Waals surface area contributed by atoms with E-state index in [2.05, 4.69) is 20.2 Å². The van der Waals surface area contributed by atoms with Gasteiger partial charge in [0.15, 0.2) is 0 Å². The topological polar surface area (TPSA) is 78.4 Å². The summed E-state index contributed by atoms with van der Waals surface area (Å²) in [6.07, 6.45) is 6.00. The second-order valence-electron chi connectivity index (χ2n) is 6.93. The van der Waals surface area contributed by atoms with Gasteiger partial charge in [0.05, 0.1) is 5.56 Å². The molecule has 2 amide bonds. The van der Waals surface area contributed by atoms with Crippen LogP contribution in [0.2, 0.25) is 0 Å². The summed E-state index contributed by atoms with van der Waals surface area (Å²) in [6, 6.07) is 9.54. The highest BCUT2D eigenvalue weighted by Crippen LogP contribution is 2.14. The minimum Gasteiger partial charge on any atom is -0.355 e. The van der Waals surface area contributed by atoms with E-state index < -0.39 is 0 Å². The van der Waals surface area contributed by atoms with Crippen molar-refractivity contribution in [2.45, 2.75) is 26.2 Å². The molecule has 1 aliphatic rings. The Labute approximate surface area is 165 Å². The molecule has 0 aromatic carbocycles. The average molecular weight is 381 g/mol. The second-order valence-corrected chi connectivity index (χ2v) is 6.93. The van der Waals surface area contributed by atoms with Gasteiger partial charge in [-0.1, -0.05) is 6.07 Å². The quantitative estimate of drug-likeness (QED) is 0.773. The molecule has 2 aromatic rings. The molecule has 0 bridgehead atoms. The third-order valence-electron chi connectivity index (χ3n) is 4.90. The zero-order valence-electron chi connectivity index (χ0n) is 16.3. The van der Waals surface area contributed by atoms with Crippen LogP contribution in [0.5, 0.6) is 0 Å². The van der Waals surface area contributed by atoms with Gasteiger partial charge in [-0.25, -0.2) is 4.98 Å². The Bertz CT molecular complexity index is 779. The van der Waals surface area contributed by atoms with Crippen molar-refractivity contribution in [2.24, 2.45) is 0 Å². The Balaban J connectivity index is 1.46. The first-order valence-electron chi connectivity index (χ1n) is 9.78. The van der Waals surface area contributed by atoms with Crippen LogP contribution in [-0.2, 0) is 11.2 Å². The number of amides is 2. The van der Waals surface area contributed by atoms with Crippen molar-refractivity contribution in [3.05, 3.63) is 54.0 Å². The van der Waals surface area contributed by atoms with Crippen molar-refractivity contribution in [3.63, 3.8) is 0 Å². The molecule has 7 nitrogen and oxygen atoms in total. The Morgan fingerprint density at radius 3 is 2.68 bits per heavy atom. The van der Waals surface area contributed by atoms with Gasteiger partial charge in [0, 0.05) is 57.7 Å². The number of rotatable bonds is 6. The number of carbonyl (C=O) groups excluding carboxylic acids is 2. The predicted octanol–water partition coefficient (Wildman–Crippen LogP) is 1.90. The molecule has 1 N–H and O–H groups in total. The third kappa shape index (κ3) is 5.52. The van der Waals surface area contributed by atoms with Crippen LogP contribution in [0.25, 0.3) is 0 Å². The van der Waals surface area contributed by atoms with E-state index in [1.165, 1.54) is 0 Å². The van der Waals surface area contributed by atoms with Crippen LogP contribution in [0.15, 0.2) is 42.7 Å². The highest BCUT2D eigenvalue weighted by molar-refractivity contribution is 5.94. The average Bonchev–Trinajstić information content (AvgIpc) is 2.98. The van der Waals surface area contributed by atoms with Crippen LogP contribution in [0.1, 0.15) is 35.8 Å². The van der Waals surface area contributed by atoms with Crippen molar-refractivity contribution < 1.29 is 9.59 Å². The Hall–Kier alpha value is -2.96. The van der Waals surface area contributed by atoms with Crippen molar-refractivity contribution in [3.8, 4) is 0 Å². The van der Waals surface area contributed by atoms with Gasteiger partial charge in [-0.2, -0.15) is 0 Å². The third-order valence-corrected chi connectivity index (χ3v) is 4.90. The number of hydrogen-bond donors (Lipinski definition) is 1. The van der Waals surface area contributed by atoms with E-state index in [1.54, 1.807) is 19.3 Å². The second kappa shape index (κ2) is 9.82. The summed E-state index contributed by atoms with van der Waals surface area (Å²) in [5.74, 6) is 0.848. The van der Waals surface area contributed by atoms with E-state index in [4.69, 9.17) is 0 Å². The van der Waals surface area contributed by atoms with E-state index in [0.717, 1.165) is 50.4 Å². The normalized spacial score (nSPS) is 14.5. The van der Waals surface area contributed by atoms with Crippen LogP contribution < -0.4 is 10.2 Å². The molecule has 0 saturated carbocycles. The number of hydrogen-bond acceptors (Lipinski definition) is 5. The Morgan fingerprint density at radius 1 is 1.07 bits per heavy atom. The first kappa shape index (κ1) is 19.8. The van der Waals surface area contributed by atoms with E-state index >= 15 is 0 Å². The Kier molecular flexibility index (Phi) is 6.94. The molecule has 3 heterocycles. The maximum Gasteiger partial charge on any atom is 0.252 e. The van der Waals surface area contributed by atoms with Gasteiger partial charge in [-0.3, -0.25) is 14.6 Å².